The fourth-order valence-corrected chi connectivity index (χ4v) is 6.56. The first kappa shape index (κ1) is 32.9. The highest BCUT2D eigenvalue weighted by Gasteiger charge is 2.36. The van der Waals surface area contributed by atoms with Crippen LogP contribution >= 0.6 is 0 Å². The van der Waals surface area contributed by atoms with Crippen LogP contribution in [-0.4, -0.2) is 75.3 Å². The number of halogens is 3. The molecule has 1 amide bonds. The maximum Gasteiger partial charge on any atom is 0.416 e. The number of nitrogens with zero attached hydrogens (tertiary/aromatic N) is 2. The number of alkyl halides is 3. The Morgan fingerprint density at radius 3 is 2.44 bits per heavy atom. The van der Waals surface area contributed by atoms with Crippen LogP contribution in [0.4, 0.5) is 19.0 Å². The summed E-state index contributed by atoms with van der Waals surface area (Å²) in [5.74, 6) is 0.0491. The van der Waals surface area contributed by atoms with Crippen LogP contribution in [0.2, 0.25) is 0 Å². The van der Waals surface area contributed by atoms with Crippen molar-refractivity contribution in [3.8, 4) is 0 Å². The lowest BCUT2D eigenvalue weighted by molar-refractivity contribution is -0.137. The predicted molar refractivity (Wildman–Crippen MR) is 161 cm³/mol. The molecular weight excluding hydrogens is 611 g/mol. The third-order valence-corrected chi connectivity index (χ3v) is 10.1. The number of pyridine rings is 1. The zero-order chi connectivity index (χ0) is 32.2. The number of amides is 1. The normalized spacial score (nSPS) is 21.2. The van der Waals surface area contributed by atoms with Gasteiger partial charge in [0.1, 0.15) is 5.82 Å². The zero-order valence-electron chi connectivity index (χ0n) is 24.7. The van der Waals surface area contributed by atoms with Crippen molar-refractivity contribution in [2.75, 3.05) is 43.6 Å². The Balaban J connectivity index is 1.28. The number of aliphatic hydroxyl groups is 1. The first-order valence-corrected chi connectivity index (χ1v) is 16.5. The lowest BCUT2D eigenvalue weighted by Crippen LogP contribution is -2.35. The quantitative estimate of drug-likeness (QED) is 0.312. The number of aliphatic hydroxyl groups excluding tert-OH is 1. The number of rotatable bonds is 11. The molecule has 4 atom stereocenters. The van der Waals surface area contributed by atoms with Gasteiger partial charge in [-0.2, -0.15) is 13.2 Å². The Morgan fingerprint density at radius 1 is 1.13 bits per heavy atom. The molecule has 3 heterocycles. The van der Waals surface area contributed by atoms with Gasteiger partial charge >= 0.3 is 6.18 Å². The summed E-state index contributed by atoms with van der Waals surface area (Å²) in [7, 11) is -3.38. The molecule has 0 spiro atoms. The molecule has 2 N–H and O–H groups in total. The molecule has 0 saturated carbocycles. The average Bonchev–Trinajstić information content (AvgIpc) is 3.73. The molecule has 1 unspecified atom stereocenters. The second kappa shape index (κ2) is 13.9. The summed E-state index contributed by atoms with van der Waals surface area (Å²) in [5.41, 5.74) is 0.915. The van der Waals surface area contributed by atoms with Crippen LogP contribution < -0.4 is 10.2 Å². The molecule has 0 bridgehead atoms. The molecule has 1 aromatic heterocycles. The van der Waals surface area contributed by atoms with Crippen LogP contribution in [0.25, 0.3) is 0 Å². The summed E-state index contributed by atoms with van der Waals surface area (Å²) >= 11 is 0. The first-order valence-electron chi connectivity index (χ1n) is 14.8. The summed E-state index contributed by atoms with van der Waals surface area (Å²) in [6, 6.07) is 13.8. The number of ether oxygens (including phenoxy) is 2. The lowest BCUT2D eigenvalue weighted by Gasteiger charge is -2.26. The standard InChI is InChI=1S/C32H36F3N3O6S/c1-2-45(41,42)28-10-5-22(6-11-28)29(18-39)37-31(40)23-7-12-30(36-16-23)38-17-24(15-26(38)19-44-27-13-14-43-20-27)21-3-8-25(9-4-21)32(33,34)35/h3-12,16,24,26-27,29,39H,2,13-15,17-20H2,1H3,(H,37,40)/t24?,26-,27-,29-/m0/s1. The predicted octanol–water partition coefficient (Wildman–Crippen LogP) is 4.53. The minimum atomic E-state index is -4.41. The highest BCUT2D eigenvalue weighted by atomic mass is 32.2. The molecule has 45 heavy (non-hydrogen) atoms. The van der Waals surface area contributed by atoms with Crippen LogP contribution in [0, 0.1) is 0 Å². The molecular formula is C32H36F3N3O6S. The number of carbonyl (C=O) groups excluding carboxylic acids is 1. The molecule has 0 aliphatic carbocycles. The number of nitrogens with one attached hydrogen (secondary N) is 1. The van der Waals surface area contributed by atoms with Crippen molar-refractivity contribution in [1.29, 1.82) is 0 Å². The van der Waals surface area contributed by atoms with Crippen molar-refractivity contribution in [2.24, 2.45) is 0 Å². The number of anilines is 1. The molecule has 2 aliphatic heterocycles. The van der Waals surface area contributed by atoms with Gasteiger partial charge in [0.05, 0.1) is 59.8 Å². The molecule has 9 nitrogen and oxygen atoms in total. The average molecular weight is 648 g/mol. The van der Waals surface area contributed by atoms with Gasteiger partial charge in [-0.05, 0) is 60.4 Å². The zero-order valence-corrected chi connectivity index (χ0v) is 25.6. The van der Waals surface area contributed by atoms with E-state index in [9.17, 15) is 31.5 Å². The fraction of sp³-hybridized carbons (Fsp3) is 0.438. The van der Waals surface area contributed by atoms with E-state index in [1.54, 1.807) is 31.2 Å². The van der Waals surface area contributed by atoms with Crippen LogP contribution in [-0.2, 0) is 25.5 Å². The van der Waals surface area contributed by atoms with E-state index >= 15 is 0 Å². The van der Waals surface area contributed by atoms with Gasteiger partial charge in [-0.25, -0.2) is 13.4 Å². The van der Waals surface area contributed by atoms with E-state index in [0.717, 1.165) is 24.1 Å². The minimum absolute atomic E-state index is 0.0114. The van der Waals surface area contributed by atoms with Crippen molar-refractivity contribution in [2.45, 2.75) is 54.9 Å². The van der Waals surface area contributed by atoms with Crippen molar-refractivity contribution in [3.63, 3.8) is 0 Å². The van der Waals surface area contributed by atoms with Crippen molar-refractivity contribution < 1.29 is 41.0 Å². The van der Waals surface area contributed by atoms with E-state index in [1.807, 2.05) is 0 Å². The van der Waals surface area contributed by atoms with E-state index < -0.39 is 40.1 Å². The van der Waals surface area contributed by atoms with Gasteiger partial charge in [0, 0.05) is 25.3 Å². The van der Waals surface area contributed by atoms with Gasteiger partial charge in [-0.15, -0.1) is 0 Å². The van der Waals surface area contributed by atoms with Gasteiger partial charge in [-0.3, -0.25) is 4.79 Å². The molecule has 242 valence electrons. The minimum Gasteiger partial charge on any atom is -0.394 e. The largest absolute Gasteiger partial charge is 0.416 e. The van der Waals surface area contributed by atoms with E-state index in [2.05, 4.69) is 15.2 Å². The van der Waals surface area contributed by atoms with Crippen molar-refractivity contribution in [1.82, 2.24) is 10.3 Å². The number of sulfone groups is 1. The van der Waals surface area contributed by atoms with Gasteiger partial charge in [-0.1, -0.05) is 31.2 Å². The summed E-state index contributed by atoms with van der Waals surface area (Å²) in [4.78, 5) is 19.8. The number of hydrogen-bond donors (Lipinski definition) is 2. The first-order chi connectivity index (χ1) is 21.5. The number of benzene rings is 2. The molecule has 2 aliphatic rings. The van der Waals surface area contributed by atoms with Crippen LogP contribution in [0.3, 0.4) is 0 Å². The number of carbonyl (C=O) groups is 1. The maximum atomic E-state index is 13.1. The fourth-order valence-electron chi connectivity index (χ4n) is 5.67. The number of hydrogen-bond acceptors (Lipinski definition) is 8. The van der Waals surface area contributed by atoms with Crippen LogP contribution in [0.1, 0.15) is 58.8 Å². The van der Waals surface area contributed by atoms with E-state index in [4.69, 9.17) is 9.47 Å². The maximum absolute atomic E-state index is 13.1. The van der Waals surface area contributed by atoms with Crippen LogP contribution in [0.15, 0.2) is 71.8 Å². The SMILES string of the molecule is CCS(=O)(=O)c1ccc([C@H](CO)NC(=O)c2ccc(N3CC(c4ccc(C(F)(F)F)cc4)C[C@H]3CO[C@H]3CCOC3)nc2)cc1. The molecule has 3 aromatic rings. The third kappa shape index (κ3) is 7.83. The summed E-state index contributed by atoms with van der Waals surface area (Å²) < 4.78 is 75.1. The Morgan fingerprint density at radius 2 is 1.87 bits per heavy atom. The smallest absolute Gasteiger partial charge is 0.394 e. The monoisotopic (exact) mass is 647 g/mol. The second-order valence-corrected chi connectivity index (χ2v) is 13.5. The molecule has 0 radical (unpaired) electrons. The lowest BCUT2D eigenvalue weighted by atomic mass is 9.95. The van der Waals surface area contributed by atoms with Gasteiger partial charge < -0.3 is 24.8 Å². The van der Waals surface area contributed by atoms with E-state index in [1.165, 1.54) is 30.5 Å². The Bertz CT molecular complexity index is 1540. The van der Waals surface area contributed by atoms with Crippen molar-refractivity contribution in [3.05, 3.63) is 89.1 Å². The Kier molecular flexibility index (Phi) is 10.1. The topological polar surface area (TPSA) is 118 Å². The van der Waals surface area contributed by atoms with Gasteiger partial charge in [0.15, 0.2) is 9.84 Å². The molecule has 5 rings (SSSR count). The summed E-state index contributed by atoms with van der Waals surface area (Å²) in [5, 5.41) is 12.7. The highest BCUT2D eigenvalue weighted by molar-refractivity contribution is 7.91. The van der Waals surface area contributed by atoms with E-state index in [-0.39, 0.29) is 34.3 Å². The van der Waals surface area contributed by atoms with E-state index in [0.29, 0.717) is 44.2 Å². The third-order valence-electron chi connectivity index (χ3n) is 8.35. The van der Waals surface area contributed by atoms with Crippen LogP contribution in [0.5, 0.6) is 0 Å². The Hall–Kier alpha value is -3.52. The van der Waals surface area contributed by atoms with Crippen molar-refractivity contribution >= 4 is 21.6 Å². The van der Waals surface area contributed by atoms with Gasteiger partial charge in [0.25, 0.3) is 5.91 Å². The molecule has 2 aromatic carbocycles. The highest BCUT2D eigenvalue weighted by Crippen LogP contribution is 2.37. The molecule has 13 heteroatoms. The number of aromatic nitrogens is 1. The second-order valence-electron chi connectivity index (χ2n) is 11.3. The summed E-state index contributed by atoms with van der Waals surface area (Å²) in [6.07, 6.45) is -1.53. The molecule has 2 saturated heterocycles. The summed E-state index contributed by atoms with van der Waals surface area (Å²) in [6.45, 7) is 3.22. The molecule has 2 fully saturated rings. The van der Waals surface area contributed by atoms with Gasteiger partial charge in [0.2, 0.25) is 0 Å². The Labute approximate surface area is 260 Å².